The van der Waals surface area contributed by atoms with Crippen molar-refractivity contribution in [1.29, 1.82) is 0 Å². The van der Waals surface area contributed by atoms with Gasteiger partial charge in [0.05, 0.1) is 0 Å². The van der Waals surface area contributed by atoms with E-state index in [9.17, 15) is 13.9 Å². The first-order valence-corrected chi connectivity index (χ1v) is 6.83. The first-order valence-electron chi connectivity index (χ1n) is 6.29. The van der Waals surface area contributed by atoms with E-state index in [0.29, 0.717) is 5.56 Å². The van der Waals surface area contributed by atoms with Crippen LogP contribution in [0.25, 0.3) is 0 Å². The van der Waals surface area contributed by atoms with Crippen LogP contribution in [0, 0.1) is 18.6 Å². The Morgan fingerprint density at radius 3 is 2.30 bits per heavy atom. The molecule has 0 bridgehead atoms. The minimum atomic E-state index is -1.64. The number of hydrogen-bond donors (Lipinski definition) is 1. The lowest BCUT2D eigenvalue weighted by atomic mass is 9.83. The van der Waals surface area contributed by atoms with Crippen molar-refractivity contribution in [2.75, 3.05) is 5.88 Å². The third-order valence-electron chi connectivity index (χ3n) is 3.43. The maximum Gasteiger partial charge on any atom is 0.165 e. The molecule has 4 heteroatoms. The molecule has 1 nitrogen and oxygen atoms in total. The molecule has 2 aromatic carbocycles. The van der Waals surface area contributed by atoms with E-state index in [0.717, 1.165) is 0 Å². The van der Waals surface area contributed by atoms with Crippen molar-refractivity contribution in [2.45, 2.75) is 18.9 Å². The summed E-state index contributed by atoms with van der Waals surface area (Å²) >= 11 is 5.73. The van der Waals surface area contributed by atoms with Crippen LogP contribution >= 0.6 is 11.6 Å². The summed E-state index contributed by atoms with van der Waals surface area (Å²) < 4.78 is 27.9. The first kappa shape index (κ1) is 14.9. The lowest BCUT2D eigenvalue weighted by Gasteiger charge is -2.29. The molecular formula is C16H15ClF2O. The summed E-state index contributed by atoms with van der Waals surface area (Å²) in [7, 11) is 0. The summed E-state index contributed by atoms with van der Waals surface area (Å²) in [6.45, 7) is 1.48. The molecule has 1 atom stereocenters. The van der Waals surface area contributed by atoms with Gasteiger partial charge in [0, 0.05) is 11.4 Å². The van der Waals surface area contributed by atoms with Crippen molar-refractivity contribution in [3.05, 3.63) is 70.8 Å². The van der Waals surface area contributed by atoms with Gasteiger partial charge in [0.25, 0.3) is 0 Å². The molecule has 0 amide bonds. The Morgan fingerprint density at radius 2 is 1.70 bits per heavy atom. The summed E-state index contributed by atoms with van der Waals surface area (Å²) in [5, 5.41) is 10.9. The fourth-order valence-corrected chi connectivity index (χ4v) is 2.52. The minimum absolute atomic E-state index is 0.0903. The number of aryl methyl sites for hydroxylation is 1. The zero-order valence-electron chi connectivity index (χ0n) is 11.0. The van der Waals surface area contributed by atoms with Crippen LogP contribution in [0.5, 0.6) is 0 Å². The van der Waals surface area contributed by atoms with Crippen LogP contribution in [0.3, 0.4) is 0 Å². The summed E-state index contributed by atoms with van der Waals surface area (Å²) in [5.41, 5.74) is -1.04. The van der Waals surface area contributed by atoms with Crippen molar-refractivity contribution >= 4 is 11.6 Å². The lowest BCUT2D eigenvalue weighted by molar-refractivity contribution is 0.0726. The number of aliphatic hydroxyl groups is 1. The smallest absolute Gasteiger partial charge is 0.165 e. The Balaban J connectivity index is 2.63. The summed E-state index contributed by atoms with van der Waals surface area (Å²) in [4.78, 5) is 0. The van der Waals surface area contributed by atoms with Gasteiger partial charge in [-0.25, -0.2) is 8.78 Å². The maximum absolute atomic E-state index is 14.2. The monoisotopic (exact) mass is 296 g/mol. The average molecular weight is 297 g/mol. The van der Waals surface area contributed by atoms with E-state index in [-0.39, 0.29) is 23.4 Å². The standard InChI is InChI=1S/C16H15ClF2O/c1-11-7-8-13(15(19)14(11)18)16(20,9-10-17)12-5-3-2-4-6-12/h2-8,20H,9-10H2,1H3. The molecule has 2 rings (SSSR count). The molecule has 0 aliphatic carbocycles. The Bertz CT molecular complexity index is 601. The third kappa shape index (κ3) is 2.56. The van der Waals surface area contributed by atoms with Gasteiger partial charge in [0.1, 0.15) is 5.60 Å². The molecule has 0 aliphatic heterocycles. The number of benzene rings is 2. The molecule has 0 fully saturated rings. The van der Waals surface area contributed by atoms with Crippen LogP contribution < -0.4 is 0 Å². The Morgan fingerprint density at radius 1 is 1.05 bits per heavy atom. The van der Waals surface area contributed by atoms with Gasteiger partial charge in [0.15, 0.2) is 11.6 Å². The largest absolute Gasteiger partial charge is 0.380 e. The molecule has 106 valence electrons. The third-order valence-corrected chi connectivity index (χ3v) is 3.62. The quantitative estimate of drug-likeness (QED) is 0.841. The first-order chi connectivity index (χ1) is 9.50. The molecule has 20 heavy (non-hydrogen) atoms. The Kier molecular flexibility index (Phi) is 4.41. The predicted octanol–water partition coefficient (Wildman–Crippen LogP) is 4.14. The van der Waals surface area contributed by atoms with Crippen molar-refractivity contribution in [2.24, 2.45) is 0 Å². The molecule has 2 aromatic rings. The van der Waals surface area contributed by atoms with Gasteiger partial charge in [-0.3, -0.25) is 0 Å². The lowest BCUT2D eigenvalue weighted by Crippen LogP contribution is -2.29. The van der Waals surface area contributed by atoms with Gasteiger partial charge in [-0.2, -0.15) is 0 Å². The van der Waals surface area contributed by atoms with Gasteiger partial charge in [-0.1, -0.05) is 42.5 Å². The zero-order chi connectivity index (χ0) is 14.8. The molecule has 0 saturated carbocycles. The van der Waals surface area contributed by atoms with Crippen LogP contribution in [-0.2, 0) is 5.60 Å². The fourth-order valence-electron chi connectivity index (χ4n) is 2.25. The van der Waals surface area contributed by atoms with Gasteiger partial charge < -0.3 is 5.11 Å². The number of halogens is 3. The van der Waals surface area contributed by atoms with Gasteiger partial charge in [-0.15, -0.1) is 11.6 Å². The summed E-state index contributed by atoms with van der Waals surface area (Å²) in [6, 6.07) is 11.5. The van der Waals surface area contributed by atoms with E-state index in [1.54, 1.807) is 30.3 Å². The molecule has 0 spiro atoms. The van der Waals surface area contributed by atoms with Crippen LogP contribution in [0.4, 0.5) is 8.78 Å². The molecular weight excluding hydrogens is 282 g/mol. The van der Waals surface area contributed by atoms with E-state index in [2.05, 4.69) is 0 Å². The summed E-state index contributed by atoms with van der Waals surface area (Å²) in [6.07, 6.45) is 0.0952. The van der Waals surface area contributed by atoms with Crippen molar-refractivity contribution in [3.8, 4) is 0 Å². The SMILES string of the molecule is Cc1ccc(C(O)(CCCl)c2ccccc2)c(F)c1F. The topological polar surface area (TPSA) is 20.2 Å². The second kappa shape index (κ2) is 5.90. The van der Waals surface area contributed by atoms with E-state index >= 15 is 0 Å². The van der Waals surface area contributed by atoms with Crippen molar-refractivity contribution in [1.82, 2.24) is 0 Å². The highest BCUT2D eigenvalue weighted by Crippen LogP contribution is 2.36. The maximum atomic E-state index is 14.2. The number of rotatable bonds is 4. The van der Waals surface area contributed by atoms with Crippen molar-refractivity contribution < 1.29 is 13.9 Å². The predicted molar refractivity (Wildman–Crippen MR) is 75.9 cm³/mol. The molecule has 1 unspecified atom stereocenters. The van der Waals surface area contributed by atoms with E-state index in [1.165, 1.54) is 19.1 Å². The Labute approximate surface area is 121 Å². The van der Waals surface area contributed by atoms with Gasteiger partial charge >= 0.3 is 0 Å². The molecule has 0 heterocycles. The number of alkyl halides is 1. The second-order valence-corrected chi connectivity index (χ2v) is 5.10. The molecule has 0 radical (unpaired) electrons. The normalized spacial score (nSPS) is 14.1. The highest BCUT2D eigenvalue weighted by atomic mass is 35.5. The second-order valence-electron chi connectivity index (χ2n) is 4.72. The molecule has 0 saturated heterocycles. The zero-order valence-corrected chi connectivity index (χ0v) is 11.8. The number of hydrogen-bond acceptors (Lipinski definition) is 1. The molecule has 1 N–H and O–H groups in total. The summed E-state index contributed by atoms with van der Waals surface area (Å²) in [5.74, 6) is -1.84. The fraction of sp³-hybridized carbons (Fsp3) is 0.250. The highest BCUT2D eigenvalue weighted by molar-refractivity contribution is 6.17. The van der Waals surface area contributed by atoms with Gasteiger partial charge in [-0.05, 0) is 24.5 Å². The van der Waals surface area contributed by atoms with Crippen molar-refractivity contribution in [3.63, 3.8) is 0 Å². The van der Waals surface area contributed by atoms with Crippen LogP contribution in [0.2, 0.25) is 0 Å². The van der Waals surface area contributed by atoms with E-state index in [1.807, 2.05) is 0 Å². The molecule has 0 aromatic heterocycles. The van der Waals surface area contributed by atoms with E-state index < -0.39 is 17.2 Å². The van der Waals surface area contributed by atoms with E-state index in [4.69, 9.17) is 11.6 Å². The molecule has 0 aliphatic rings. The minimum Gasteiger partial charge on any atom is -0.380 e. The van der Waals surface area contributed by atoms with Crippen LogP contribution in [0.1, 0.15) is 23.1 Å². The highest BCUT2D eigenvalue weighted by Gasteiger charge is 2.34. The van der Waals surface area contributed by atoms with Crippen LogP contribution in [0.15, 0.2) is 42.5 Å². The van der Waals surface area contributed by atoms with Crippen LogP contribution in [-0.4, -0.2) is 11.0 Å². The van der Waals surface area contributed by atoms with Gasteiger partial charge in [0.2, 0.25) is 0 Å². The Hall–Kier alpha value is -1.45. The average Bonchev–Trinajstić information content (AvgIpc) is 2.46.